The first-order valence-corrected chi connectivity index (χ1v) is 7.09. The zero-order valence-electron chi connectivity index (χ0n) is 10.7. The van der Waals surface area contributed by atoms with Gasteiger partial charge in [0.25, 0.3) is 0 Å². The quantitative estimate of drug-likeness (QED) is 0.606. The highest BCUT2D eigenvalue weighted by atomic mass is 32.1. The molecule has 2 aliphatic rings. The molecule has 0 radical (unpaired) electrons. The van der Waals surface area contributed by atoms with E-state index < -0.39 is 0 Å². The maximum absolute atomic E-state index is 12.2. The third-order valence-corrected chi connectivity index (χ3v) is 4.41. The van der Waals surface area contributed by atoms with Crippen LogP contribution in [0.4, 0.5) is 0 Å². The lowest BCUT2D eigenvalue weighted by atomic mass is 10.00. The summed E-state index contributed by atoms with van der Waals surface area (Å²) >= 11 is 4.80. The molecule has 0 bridgehead atoms. The number of thiocarbonyl (C=S) groups is 1. The fraction of sp³-hybridized carbons (Fsp3) is 0.769. The van der Waals surface area contributed by atoms with E-state index in [1.54, 1.807) is 0 Å². The van der Waals surface area contributed by atoms with Crippen LogP contribution in [0.5, 0.6) is 0 Å². The molecule has 4 nitrogen and oxygen atoms in total. The van der Waals surface area contributed by atoms with E-state index in [0.717, 1.165) is 19.3 Å². The van der Waals surface area contributed by atoms with E-state index in [0.29, 0.717) is 30.3 Å². The van der Waals surface area contributed by atoms with Crippen molar-refractivity contribution < 1.29 is 9.59 Å². The van der Waals surface area contributed by atoms with Gasteiger partial charge in [0.2, 0.25) is 11.8 Å². The molecule has 2 atom stereocenters. The van der Waals surface area contributed by atoms with Gasteiger partial charge >= 0.3 is 0 Å². The predicted molar refractivity (Wildman–Crippen MR) is 72.7 cm³/mol. The Morgan fingerprint density at radius 1 is 1.33 bits per heavy atom. The molecule has 0 aromatic rings. The van der Waals surface area contributed by atoms with Crippen LogP contribution in [0.15, 0.2) is 0 Å². The lowest BCUT2D eigenvalue weighted by molar-refractivity contribution is -0.140. The molecule has 1 saturated carbocycles. The van der Waals surface area contributed by atoms with Crippen molar-refractivity contribution in [2.24, 2.45) is 23.5 Å². The molecule has 1 heterocycles. The Morgan fingerprint density at radius 3 is 2.33 bits per heavy atom. The zero-order chi connectivity index (χ0) is 13.3. The maximum atomic E-state index is 12.2. The number of hydrogen-bond donors (Lipinski definition) is 1. The number of fused-ring (bicyclic) bond motifs is 1. The van der Waals surface area contributed by atoms with Crippen LogP contribution in [0, 0.1) is 17.8 Å². The SMILES string of the molecule is CCC1CC2C(=O)N(CCCC(N)=S)C(=O)C2C1. The van der Waals surface area contributed by atoms with E-state index >= 15 is 0 Å². The summed E-state index contributed by atoms with van der Waals surface area (Å²) in [6, 6.07) is 0. The number of rotatable bonds is 5. The molecular weight excluding hydrogens is 248 g/mol. The summed E-state index contributed by atoms with van der Waals surface area (Å²) in [6.07, 6.45) is 4.12. The highest BCUT2D eigenvalue weighted by Crippen LogP contribution is 2.44. The van der Waals surface area contributed by atoms with Crippen molar-refractivity contribution in [1.82, 2.24) is 4.90 Å². The largest absolute Gasteiger partial charge is 0.393 e. The Hall–Kier alpha value is -0.970. The number of nitrogens with zero attached hydrogens (tertiary/aromatic N) is 1. The molecule has 0 spiro atoms. The highest BCUT2D eigenvalue weighted by molar-refractivity contribution is 7.80. The van der Waals surface area contributed by atoms with Crippen LogP contribution in [-0.2, 0) is 9.59 Å². The molecule has 2 unspecified atom stereocenters. The first-order chi connectivity index (χ1) is 8.54. The summed E-state index contributed by atoms with van der Waals surface area (Å²) in [5.41, 5.74) is 5.42. The van der Waals surface area contributed by atoms with E-state index in [2.05, 4.69) is 6.92 Å². The second-order valence-corrected chi connectivity index (χ2v) is 5.88. The van der Waals surface area contributed by atoms with Crippen LogP contribution >= 0.6 is 12.2 Å². The van der Waals surface area contributed by atoms with Crippen molar-refractivity contribution in [3.8, 4) is 0 Å². The van der Waals surface area contributed by atoms with Gasteiger partial charge in [0.1, 0.15) is 0 Å². The normalized spacial score (nSPS) is 30.9. The van der Waals surface area contributed by atoms with Crippen molar-refractivity contribution in [3.05, 3.63) is 0 Å². The van der Waals surface area contributed by atoms with Gasteiger partial charge in [-0.25, -0.2) is 0 Å². The molecule has 1 aliphatic carbocycles. The minimum atomic E-state index is -0.0488. The van der Waals surface area contributed by atoms with E-state index in [-0.39, 0.29) is 23.7 Å². The van der Waals surface area contributed by atoms with Gasteiger partial charge in [-0.3, -0.25) is 14.5 Å². The van der Waals surface area contributed by atoms with Crippen LogP contribution in [0.3, 0.4) is 0 Å². The summed E-state index contributed by atoms with van der Waals surface area (Å²) in [5.74, 6) is 0.513. The van der Waals surface area contributed by atoms with Crippen molar-refractivity contribution in [2.75, 3.05) is 6.54 Å². The first kappa shape index (κ1) is 13.5. The van der Waals surface area contributed by atoms with Gasteiger partial charge in [-0.2, -0.15) is 0 Å². The van der Waals surface area contributed by atoms with Crippen LogP contribution < -0.4 is 5.73 Å². The van der Waals surface area contributed by atoms with Crippen LogP contribution in [0.1, 0.15) is 39.0 Å². The van der Waals surface area contributed by atoms with Crippen LogP contribution in [-0.4, -0.2) is 28.2 Å². The Morgan fingerprint density at radius 2 is 1.89 bits per heavy atom. The standard InChI is InChI=1S/C13H20N2O2S/c1-2-8-6-9-10(7-8)13(17)15(12(9)16)5-3-4-11(14)18/h8-10H,2-7H2,1H3,(H2,14,18). The molecule has 2 rings (SSSR count). The molecular formula is C13H20N2O2S. The Labute approximate surface area is 113 Å². The van der Waals surface area contributed by atoms with Gasteiger partial charge in [-0.05, 0) is 31.6 Å². The van der Waals surface area contributed by atoms with Crippen molar-refractivity contribution in [1.29, 1.82) is 0 Å². The number of imide groups is 1. The Bertz CT molecular complexity index is 359. The second kappa shape index (κ2) is 5.34. The van der Waals surface area contributed by atoms with Crippen molar-refractivity contribution >= 4 is 29.0 Å². The lowest BCUT2D eigenvalue weighted by Gasteiger charge is -2.17. The van der Waals surface area contributed by atoms with Crippen LogP contribution in [0.25, 0.3) is 0 Å². The zero-order valence-corrected chi connectivity index (χ0v) is 11.5. The molecule has 0 aromatic heterocycles. The van der Waals surface area contributed by atoms with Crippen molar-refractivity contribution in [3.63, 3.8) is 0 Å². The van der Waals surface area contributed by atoms with E-state index in [4.69, 9.17) is 18.0 Å². The van der Waals surface area contributed by atoms with Gasteiger partial charge in [0.15, 0.2) is 0 Å². The summed E-state index contributed by atoms with van der Waals surface area (Å²) in [7, 11) is 0. The minimum Gasteiger partial charge on any atom is -0.393 e. The molecule has 2 fully saturated rings. The summed E-state index contributed by atoms with van der Waals surface area (Å²) in [4.78, 5) is 26.2. The molecule has 18 heavy (non-hydrogen) atoms. The molecule has 1 aliphatic heterocycles. The van der Waals surface area contributed by atoms with Gasteiger partial charge in [-0.1, -0.05) is 25.6 Å². The summed E-state index contributed by atoms with van der Waals surface area (Å²) in [6.45, 7) is 2.60. The third-order valence-electron chi connectivity index (χ3n) is 4.21. The molecule has 2 amide bonds. The first-order valence-electron chi connectivity index (χ1n) is 6.68. The highest BCUT2D eigenvalue weighted by Gasteiger charge is 2.51. The molecule has 5 heteroatoms. The summed E-state index contributed by atoms with van der Waals surface area (Å²) in [5, 5.41) is 0. The Kier molecular flexibility index (Phi) is 4.00. The number of carbonyl (C=O) groups is 2. The van der Waals surface area contributed by atoms with Gasteiger partial charge < -0.3 is 5.73 Å². The van der Waals surface area contributed by atoms with Crippen molar-refractivity contribution in [2.45, 2.75) is 39.0 Å². The number of likely N-dealkylation sites (tertiary alicyclic amines) is 1. The number of carbonyl (C=O) groups excluding carboxylic acids is 2. The fourth-order valence-corrected chi connectivity index (χ4v) is 3.31. The molecule has 100 valence electrons. The van der Waals surface area contributed by atoms with Crippen LogP contribution in [0.2, 0.25) is 0 Å². The van der Waals surface area contributed by atoms with Gasteiger partial charge in [0, 0.05) is 6.54 Å². The van der Waals surface area contributed by atoms with E-state index in [1.165, 1.54) is 4.90 Å². The monoisotopic (exact) mass is 268 g/mol. The third kappa shape index (κ3) is 2.41. The number of nitrogens with two attached hydrogens (primary N) is 1. The number of amides is 2. The van der Waals surface area contributed by atoms with Gasteiger partial charge in [-0.15, -0.1) is 0 Å². The average molecular weight is 268 g/mol. The number of hydrogen-bond acceptors (Lipinski definition) is 3. The molecule has 1 saturated heterocycles. The smallest absolute Gasteiger partial charge is 0.233 e. The summed E-state index contributed by atoms with van der Waals surface area (Å²) < 4.78 is 0. The van der Waals surface area contributed by atoms with E-state index in [9.17, 15) is 9.59 Å². The lowest BCUT2D eigenvalue weighted by Crippen LogP contribution is -2.33. The minimum absolute atomic E-state index is 0.0314. The Balaban J connectivity index is 1.94. The van der Waals surface area contributed by atoms with Gasteiger partial charge in [0.05, 0.1) is 16.8 Å². The molecule has 0 aromatic carbocycles. The predicted octanol–water partition coefficient (Wildman–Crippen LogP) is 1.47. The molecule has 2 N–H and O–H groups in total. The maximum Gasteiger partial charge on any atom is 0.233 e. The van der Waals surface area contributed by atoms with E-state index in [1.807, 2.05) is 0 Å². The fourth-order valence-electron chi connectivity index (χ4n) is 3.16. The second-order valence-electron chi connectivity index (χ2n) is 5.36. The average Bonchev–Trinajstić information content (AvgIpc) is 2.84. The topological polar surface area (TPSA) is 63.4 Å².